The smallest absolute Gasteiger partial charge is 0.138 e. The van der Waals surface area contributed by atoms with Crippen LogP contribution < -0.4 is 0 Å². The Balaban J connectivity index is 1.65. The van der Waals surface area contributed by atoms with Crippen LogP contribution in [0.15, 0.2) is 83.4 Å². The highest BCUT2D eigenvalue weighted by molar-refractivity contribution is 6.05. The molecule has 2 aromatic heterocycles. The lowest BCUT2D eigenvalue weighted by Crippen LogP contribution is -1.90. The molecule has 0 aliphatic rings. The number of fused-ring (bicyclic) bond motifs is 4. The third kappa shape index (κ3) is 2.08. The zero-order valence-corrected chi connectivity index (χ0v) is 13.1. The Kier molecular flexibility index (Phi) is 2.89. The minimum atomic E-state index is 0.814. The van der Waals surface area contributed by atoms with E-state index in [-0.39, 0.29) is 0 Å². The standard InChI is InChI=1S/C22H15NO/c1-3-10-20-16(6-1)12-15(14-23-20)13-17-7-5-9-19-18-8-2-4-11-21(18)24-22(17)19/h1-12,14H,13H2. The van der Waals surface area contributed by atoms with Gasteiger partial charge in [0.25, 0.3) is 0 Å². The third-order valence-corrected chi connectivity index (χ3v) is 4.53. The molecule has 0 radical (unpaired) electrons. The molecule has 2 heteroatoms. The van der Waals surface area contributed by atoms with E-state index in [2.05, 4.69) is 47.4 Å². The van der Waals surface area contributed by atoms with Gasteiger partial charge in [-0.3, -0.25) is 4.98 Å². The minimum absolute atomic E-state index is 0.814. The van der Waals surface area contributed by atoms with Gasteiger partial charge in [-0.1, -0.05) is 54.6 Å². The molecule has 2 nitrogen and oxygen atoms in total. The highest BCUT2D eigenvalue weighted by Crippen LogP contribution is 2.31. The Labute approximate surface area is 139 Å². The van der Waals surface area contributed by atoms with E-state index in [1.807, 2.05) is 36.5 Å². The number of para-hydroxylation sites is 3. The van der Waals surface area contributed by atoms with Crippen molar-refractivity contribution in [3.63, 3.8) is 0 Å². The Morgan fingerprint density at radius 2 is 1.62 bits per heavy atom. The van der Waals surface area contributed by atoms with Crippen LogP contribution in [-0.4, -0.2) is 4.98 Å². The Bertz CT molecular complexity index is 1190. The van der Waals surface area contributed by atoms with E-state index in [0.29, 0.717) is 0 Å². The van der Waals surface area contributed by atoms with Crippen molar-refractivity contribution in [2.75, 3.05) is 0 Å². The van der Waals surface area contributed by atoms with Crippen LogP contribution in [-0.2, 0) is 6.42 Å². The molecule has 0 spiro atoms. The summed E-state index contributed by atoms with van der Waals surface area (Å²) in [5.41, 5.74) is 5.34. The summed E-state index contributed by atoms with van der Waals surface area (Å²) in [5, 5.41) is 3.52. The molecule has 2 heterocycles. The lowest BCUT2D eigenvalue weighted by molar-refractivity contribution is 0.664. The average molecular weight is 309 g/mol. The summed E-state index contributed by atoms with van der Waals surface area (Å²) in [6.07, 6.45) is 2.78. The number of aromatic nitrogens is 1. The fourth-order valence-corrected chi connectivity index (χ4v) is 3.38. The topological polar surface area (TPSA) is 26.0 Å². The van der Waals surface area contributed by atoms with Gasteiger partial charge in [0.15, 0.2) is 0 Å². The molecule has 0 bridgehead atoms. The minimum Gasteiger partial charge on any atom is -0.456 e. The van der Waals surface area contributed by atoms with Crippen LogP contribution in [0.25, 0.3) is 32.8 Å². The first-order valence-corrected chi connectivity index (χ1v) is 8.11. The normalized spacial score (nSPS) is 11.5. The second kappa shape index (κ2) is 5.20. The maximum absolute atomic E-state index is 6.12. The summed E-state index contributed by atoms with van der Waals surface area (Å²) in [6.45, 7) is 0. The molecule has 114 valence electrons. The van der Waals surface area contributed by atoms with E-state index in [0.717, 1.165) is 23.1 Å². The molecular formula is C22H15NO. The zero-order chi connectivity index (χ0) is 15.9. The van der Waals surface area contributed by atoms with E-state index in [9.17, 15) is 0 Å². The molecule has 0 unspecified atom stereocenters. The average Bonchev–Trinajstić information content (AvgIpc) is 3.02. The van der Waals surface area contributed by atoms with E-state index in [1.165, 1.54) is 27.3 Å². The number of furan rings is 1. The number of nitrogens with zero attached hydrogens (tertiary/aromatic N) is 1. The van der Waals surface area contributed by atoms with Crippen LogP contribution in [0.5, 0.6) is 0 Å². The summed E-state index contributed by atoms with van der Waals surface area (Å²) in [6, 6.07) is 25.0. The van der Waals surface area contributed by atoms with Crippen molar-refractivity contribution in [2.45, 2.75) is 6.42 Å². The van der Waals surface area contributed by atoms with Gasteiger partial charge in [0, 0.05) is 28.8 Å². The summed E-state index contributed by atoms with van der Waals surface area (Å²) in [5.74, 6) is 0. The number of pyridine rings is 1. The Hall–Kier alpha value is -3.13. The molecular weight excluding hydrogens is 294 g/mol. The predicted molar refractivity (Wildman–Crippen MR) is 98.3 cm³/mol. The summed E-state index contributed by atoms with van der Waals surface area (Å²) in [4.78, 5) is 4.57. The van der Waals surface area contributed by atoms with Crippen molar-refractivity contribution in [3.05, 3.63) is 90.1 Å². The molecule has 0 amide bonds. The van der Waals surface area contributed by atoms with Crippen LogP contribution in [0.2, 0.25) is 0 Å². The molecule has 0 N–H and O–H groups in total. The second-order valence-electron chi connectivity index (χ2n) is 6.11. The first-order valence-electron chi connectivity index (χ1n) is 8.11. The van der Waals surface area contributed by atoms with E-state index < -0.39 is 0 Å². The highest BCUT2D eigenvalue weighted by Gasteiger charge is 2.10. The molecule has 5 rings (SSSR count). The number of rotatable bonds is 2. The van der Waals surface area contributed by atoms with Crippen LogP contribution >= 0.6 is 0 Å². The molecule has 0 saturated heterocycles. The van der Waals surface area contributed by atoms with Crippen molar-refractivity contribution in [1.82, 2.24) is 4.98 Å². The number of hydrogen-bond acceptors (Lipinski definition) is 2. The van der Waals surface area contributed by atoms with Crippen molar-refractivity contribution < 1.29 is 4.42 Å². The van der Waals surface area contributed by atoms with Gasteiger partial charge in [0.05, 0.1) is 5.52 Å². The van der Waals surface area contributed by atoms with Gasteiger partial charge < -0.3 is 4.42 Å². The molecule has 0 aliphatic heterocycles. The Morgan fingerprint density at radius 1 is 0.792 bits per heavy atom. The summed E-state index contributed by atoms with van der Waals surface area (Å²) >= 11 is 0. The lowest BCUT2D eigenvalue weighted by atomic mass is 10.0. The van der Waals surface area contributed by atoms with E-state index in [1.54, 1.807) is 0 Å². The van der Waals surface area contributed by atoms with Crippen molar-refractivity contribution in [1.29, 1.82) is 0 Å². The maximum atomic E-state index is 6.12. The fourth-order valence-electron chi connectivity index (χ4n) is 3.38. The molecule has 0 atom stereocenters. The first-order chi connectivity index (χ1) is 11.9. The van der Waals surface area contributed by atoms with Crippen LogP contribution in [0, 0.1) is 0 Å². The van der Waals surface area contributed by atoms with Crippen LogP contribution in [0.3, 0.4) is 0 Å². The lowest BCUT2D eigenvalue weighted by Gasteiger charge is -2.04. The highest BCUT2D eigenvalue weighted by atomic mass is 16.3. The first kappa shape index (κ1) is 13.3. The predicted octanol–water partition coefficient (Wildman–Crippen LogP) is 5.73. The molecule has 3 aromatic carbocycles. The van der Waals surface area contributed by atoms with Crippen LogP contribution in [0.4, 0.5) is 0 Å². The van der Waals surface area contributed by atoms with Crippen molar-refractivity contribution in [2.24, 2.45) is 0 Å². The summed E-state index contributed by atoms with van der Waals surface area (Å²) < 4.78 is 6.12. The molecule has 0 aliphatic carbocycles. The van der Waals surface area contributed by atoms with Gasteiger partial charge in [-0.15, -0.1) is 0 Å². The van der Waals surface area contributed by atoms with Gasteiger partial charge in [-0.25, -0.2) is 0 Å². The van der Waals surface area contributed by atoms with Crippen LogP contribution in [0.1, 0.15) is 11.1 Å². The molecule has 24 heavy (non-hydrogen) atoms. The van der Waals surface area contributed by atoms with E-state index >= 15 is 0 Å². The summed E-state index contributed by atoms with van der Waals surface area (Å²) in [7, 11) is 0. The fraction of sp³-hybridized carbons (Fsp3) is 0.0455. The zero-order valence-electron chi connectivity index (χ0n) is 13.1. The molecule has 0 fully saturated rings. The maximum Gasteiger partial charge on any atom is 0.138 e. The quantitative estimate of drug-likeness (QED) is 0.416. The van der Waals surface area contributed by atoms with Crippen molar-refractivity contribution in [3.8, 4) is 0 Å². The second-order valence-corrected chi connectivity index (χ2v) is 6.11. The SMILES string of the molecule is c1ccc2ncc(Cc3cccc4c3oc3ccccc34)cc2c1. The molecule has 0 saturated carbocycles. The van der Waals surface area contributed by atoms with Crippen molar-refractivity contribution >= 4 is 32.8 Å². The van der Waals surface area contributed by atoms with Gasteiger partial charge in [0.1, 0.15) is 11.2 Å². The van der Waals surface area contributed by atoms with Gasteiger partial charge in [-0.2, -0.15) is 0 Å². The van der Waals surface area contributed by atoms with E-state index in [4.69, 9.17) is 4.42 Å². The van der Waals surface area contributed by atoms with Gasteiger partial charge >= 0.3 is 0 Å². The number of hydrogen-bond donors (Lipinski definition) is 0. The third-order valence-electron chi connectivity index (χ3n) is 4.53. The number of benzene rings is 3. The molecule has 5 aromatic rings. The van der Waals surface area contributed by atoms with Gasteiger partial charge in [-0.05, 0) is 29.3 Å². The monoisotopic (exact) mass is 309 g/mol. The van der Waals surface area contributed by atoms with Gasteiger partial charge in [0.2, 0.25) is 0 Å². The largest absolute Gasteiger partial charge is 0.456 e. The Morgan fingerprint density at radius 3 is 2.62 bits per heavy atom.